The number of aromatic amines is 1. The van der Waals surface area contributed by atoms with E-state index in [1.54, 1.807) is 10.3 Å². The highest BCUT2D eigenvalue weighted by atomic mass is 32.1. The molecular formula is C11H15N3O4S. The molecular weight excluding hydrogens is 270 g/mol. The van der Waals surface area contributed by atoms with Crippen molar-refractivity contribution in [1.82, 2.24) is 15.2 Å². The summed E-state index contributed by atoms with van der Waals surface area (Å²) >= 11 is 1.05. The Morgan fingerprint density at radius 2 is 2.37 bits per heavy atom. The number of hydrogen-bond donors (Lipinski definition) is 3. The Labute approximate surface area is 113 Å². The first-order chi connectivity index (χ1) is 9.04. The van der Waals surface area contributed by atoms with E-state index in [-0.39, 0.29) is 29.8 Å². The van der Waals surface area contributed by atoms with E-state index in [0.29, 0.717) is 18.8 Å². The number of nitrogens with one attached hydrogen (secondary N) is 2. The normalized spacial score (nSPS) is 18.5. The van der Waals surface area contributed by atoms with Crippen molar-refractivity contribution >= 4 is 23.3 Å². The van der Waals surface area contributed by atoms with Gasteiger partial charge in [-0.1, -0.05) is 11.3 Å². The van der Waals surface area contributed by atoms with Gasteiger partial charge in [0.05, 0.1) is 6.54 Å². The lowest BCUT2D eigenvalue weighted by Gasteiger charge is -2.16. The molecule has 3 N–H and O–H groups in total. The molecule has 1 saturated heterocycles. The smallest absolute Gasteiger partial charge is 0.317 e. The summed E-state index contributed by atoms with van der Waals surface area (Å²) in [4.78, 5) is 37.4. The Bertz CT molecular complexity index is 524. The average Bonchev–Trinajstić information content (AvgIpc) is 2.95. The number of aromatic nitrogens is 1. The summed E-state index contributed by atoms with van der Waals surface area (Å²) in [7, 11) is 0. The summed E-state index contributed by atoms with van der Waals surface area (Å²) in [6.07, 6.45) is 0.816. The Balaban J connectivity index is 1.78. The van der Waals surface area contributed by atoms with Crippen LogP contribution in [0.5, 0.6) is 0 Å². The minimum Gasteiger partial charge on any atom is -0.481 e. The Kier molecular flexibility index (Phi) is 4.20. The SMILES string of the molecule is O=C(O)CC1CCN(C(=O)NCc2csc(=O)[nH]2)C1. The maximum atomic E-state index is 11.8. The van der Waals surface area contributed by atoms with Crippen LogP contribution in [0.25, 0.3) is 0 Å². The van der Waals surface area contributed by atoms with Crippen LogP contribution in [0.4, 0.5) is 4.79 Å². The number of urea groups is 1. The third-order valence-corrected chi connectivity index (χ3v) is 3.76. The quantitative estimate of drug-likeness (QED) is 0.747. The van der Waals surface area contributed by atoms with Crippen LogP contribution < -0.4 is 10.2 Å². The van der Waals surface area contributed by atoms with Gasteiger partial charge in [-0.05, 0) is 12.3 Å². The minimum atomic E-state index is -0.830. The molecule has 2 heterocycles. The van der Waals surface area contributed by atoms with Crippen LogP contribution in [0.15, 0.2) is 10.2 Å². The second-order valence-electron chi connectivity index (χ2n) is 4.53. The van der Waals surface area contributed by atoms with Crippen molar-refractivity contribution in [3.8, 4) is 0 Å². The lowest BCUT2D eigenvalue weighted by Crippen LogP contribution is -2.38. The maximum Gasteiger partial charge on any atom is 0.317 e. The molecule has 1 fully saturated rings. The number of thiazole rings is 1. The third-order valence-electron chi connectivity index (χ3n) is 3.04. The first kappa shape index (κ1) is 13.6. The fraction of sp³-hybridized carbons (Fsp3) is 0.545. The third kappa shape index (κ3) is 3.82. The molecule has 8 heteroatoms. The van der Waals surface area contributed by atoms with Crippen molar-refractivity contribution in [2.45, 2.75) is 19.4 Å². The van der Waals surface area contributed by atoms with Crippen LogP contribution in [0, 0.1) is 5.92 Å². The molecule has 1 atom stereocenters. The van der Waals surface area contributed by atoms with Gasteiger partial charge >= 0.3 is 16.9 Å². The van der Waals surface area contributed by atoms with E-state index in [0.717, 1.165) is 17.8 Å². The van der Waals surface area contributed by atoms with Crippen molar-refractivity contribution in [2.24, 2.45) is 5.92 Å². The second kappa shape index (κ2) is 5.87. The lowest BCUT2D eigenvalue weighted by molar-refractivity contribution is -0.138. The van der Waals surface area contributed by atoms with Crippen molar-refractivity contribution in [2.75, 3.05) is 13.1 Å². The fourth-order valence-corrected chi connectivity index (χ4v) is 2.70. The molecule has 0 saturated carbocycles. The second-order valence-corrected chi connectivity index (χ2v) is 5.37. The predicted molar refractivity (Wildman–Crippen MR) is 69.1 cm³/mol. The van der Waals surface area contributed by atoms with Gasteiger partial charge in [-0.15, -0.1) is 0 Å². The van der Waals surface area contributed by atoms with Gasteiger partial charge in [0, 0.05) is 30.6 Å². The van der Waals surface area contributed by atoms with E-state index in [1.807, 2.05) is 0 Å². The zero-order valence-corrected chi connectivity index (χ0v) is 11.0. The fourth-order valence-electron chi connectivity index (χ4n) is 2.11. The zero-order valence-electron chi connectivity index (χ0n) is 10.2. The van der Waals surface area contributed by atoms with Crippen molar-refractivity contribution in [3.05, 3.63) is 20.7 Å². The van der Waals surface area contributed by atoms with Crippen LogP contribution in [-0.2, 0) is 11.3 Å². The number of likely N-dealkylation sites (tertiary alicyclic amines) is 1. The zero-order chi connectivity index (χ0) is 13.8. The van der Waals surface area contributed by atoms with Crippen LogP contribution in [-0.4, -0.2) is 40.1 Å². The van der Waals surface area contributed by atoms with Crippen LogP contribution in [0.3, 0.4) is 0 Å². The molecule has 1 aromatic heterocycles. The van der Waals surface area contributed by atoms with Gasteiger partial charge in [0.15, 0.2) is 0 Å². The largest absolute Gasteiger partial charge is 0.481 e. The van der Waals surface area contributed by atoms with Gasteiger partial charge < -0.3 is 20.3 Å². The summed E-state index contributed by atoms with van der Waals surface area (Å²) in [5.41, 5.74) is 0.671. The Morgan fingerprint density at radius 3 is 3.00 bits per heavy atom. The highest BCUT2D eigenvalue weighted by Gasteiger charge is 2.27. The predicted octanol–water partition coefficient (Wildman–Crippen LogP) is 0.443. The molecule has 0 spiro atoms. The molecule has 19 heavy (non-hydrogen) atoms. The van der Waals surface area contributed by atoms with Gasteiger partial charge in [-0.2, -0.15) is 0 Å². The van der Waals surface area contributed by atoms with E-state index >= 15 is 0 Å². The molecule has 0 bridgehead atoms. The van der Waals surface area contributed by atoms with Crippen LogP contribution in [0.1, 0.15) is 18.5 Å². The number of carbonyl (C=O) groups excluding carboxylic acids is 1. The van der Waals surface area contributed by atoms with Crippen molar-refractivity contribution < 1.29 is 14.7 Å². The molecule has 2 rings (SSSR count). The summed E-state index contributed by atoms with van der Waals surface area (Å²) in [6, 6.07) is -0.222. The summed E-state index contributed by atoms with van der Waals surface area (Å²) in [5.74, 6) is -0.799. The molecule has 2 amide bonds. The average molecular weight is 285 g/mol. The Hall–Kier alpha value is -1.83. The molecule has 0 aromatic carbocycles. The standard InChI is InChI=1S/C11H15N3O4S/c15-9(16)3-7-1-2-14(5-7)10(17)12-4-8-6-19-11(18)13-8/h6-7H,1-5H2,(H,12,17)(H,13,18)(H,15,16). The van der Waals surface area contributed by atoms with Gasteiger partial charge in [0.25, 0.3) is 0 Å². The summed E-state index contributed by atoms with van der Waals surface area (Å²) in [5, 5.41) is 13.1. The van der Waals surface area contributed by atoms with E-state index in [1.165, 1.54) is 0 Å². The molecule has 1 unspecified atom stereocenters. The molecule has 1 aromatic rings. The molecule has 104 valence electrons. The maximum absolute atomic E-state index is 11.8. The number of carbonyl (C=O) groups is 2. The van der Waals surface area contributed by atoms with Gasteiger partial charge in [0.2, 0.25) is 0 Å². The lowest BCUT2D eigenvalue weighted by atomic mass is 10.1. The van der Waals surface area contributed by atoms with Crippen LogP contribution in [0.2, 0.25) is 0 Å². The Morgan fingerprint density at radius 1 is 1.58 bits per heavy atom. The van der Waals surface area contributed by atoms with Crippen LogP contribution >= 0.6 is 11.3 Å². The van der Waals surface area contributed by atoms with Crippen molar-refractivity contribution in [3.63, 3.8) is 0 Å². The number of carboxylic acids is 1. The number of nitrogens with zero attached hydrogens (tertiary/aromatic N) is 1. The number of H-pyrrole nitrogens is 1. The van der Waals surface area contributed by atoms with E-state index in [4.69, 9.17) is 5.11 Å². The number of amides is 2. The minimum absolute atomic E-state index is 0.0317. The van der Waals surface area contributed by atoms with E-state index in [9.17, 15) is 14.4 Å². The number of carboxylic acid groups (broad SMARTS) is 1. The number of aliphatic carboxylic acids is 1. The number of hydrogen-bond acceptors (Lipinski definition) is 4. The van der Waals surface area contributed by atoms with Gasteiger partial charge in [0.1, 0.15) is 0 Å². The topological polar surface area (TPSA) is 102 Å². The first-order valence-corrected chi connectivity index (χ1v) is 6.84. The molecule has 1 aliphatic rings. The van der Waals surface area contributed by atoms with Gasteiger partial charge in [-0.3, -0.25) is 9.59 Å². The number of rotatable bonds is 4. The monoisotopic (exact) mass is 285 g/mol. The summed E-state index contributed by atoms with van der Waals surface area (Å²) in [6.45, 7) is 1.32. The molecule has 0 aliphatic carbocycles. The van der Waals surface area contributed by atoms with E-state index in [2.05, 4.69) is 10.3 Å². The highest BCUT2D eigenvalue weighted by molar-refractivity contribution is 7.07. The molecule has 1 aliphatic heterocycles. The highest BCUT2D eigenvalue weighted by Crippen LogP contribution is 2.19. The molecule has 0 radical (unpaired) electrons. The first-order valence-electron chi connectivity index (χ1n) is 5.96. The van der Waals surface area contributed by atoms with E-state index < -0.39 is 5.97 Å². The molecule has 7 nitrogen and oxygen atoms in total. The van der Waals surface area contributed by atoms with Crippen molar-refractivity contribution in [1.29, 1.82) is 0 Å². The summed E-state index contributed by atoms with van der Waals surface area (Å²) < 4.78 is 0. The van der Waals surface area contributed by atoms with Gasteiger partial charge in [-0.25, -0.2) is 4.79 Å².